The molecule has 0 fully saturated rings. The van der Waals surface area contributed by atoms with Gasteiger partial charge in [-0.1, -0.05) is 29.8 Å². The average Bonchev–Trinajstić information content (AvgIpc) is 2.49. The van der Waals surface area contributed by atoms with Crippen molar-refractivity contribution in [3.05, 3.63) is 53.6 Å². The molecule has 0 spiro atoms. The maximum atomic E-state index is 12.2. The number of halogens is 1. The maximum Gasteiger partial charge on any atom is 0.246 e. The van der Waals surface area contributed by atoms with E-state index in [0.717, 1.165) is 11.4 Å². The van der Waals surface area contributed by atoms with Crippen LogP contribution >= 0.6 is 11.6 Å². The SMILES string of the molecule is CCOc1ccccc1N[C@H](C)C(=O)Nc1cccc(Cl)c1. The number of carbonyl (C=O) groups excluding carboxylic acids is 1. The Morgan fingerprint density at radius 1 is 1.23 bits per heavy atom. The molecule has 0 saturated carbocycles. The van der Waals surface area contributed by atoms with Crippen LogP contribution in [0.5, 0.6) is 5.75 Å². The second-order valence-electron chi connectivity index (χ2n) is 4.79. The summed E-state index contributed by atoms with van der Waals surface area (Å²) in [7, 11) is 0. The van der Waals surface area contributed by atoms with Crippen molar-refractivity contribution in [3.63, 3.8) is 0 Å². The van der Waals surface area contributed by atoms with Gasteiger partial charge in [0.15, 0.2) is 0 Å². The first-order valence-corrected chi connectivity index (χ1v) is 7.52. The van der Waals surface area contributed by atoms with E-state index in [1.165, 1.54) is 0 Å². The molecule has 22 heavy (non-hydrogen) atoms. The fraction of sp³-hybridized carbons (Fsp3) is 0.235. The van der Waals surface area contributed by atoms with Gasteiger partial charge in [-0.15, -0.1) is 0 Å². The van der Waals surface area contributed by atoms with Crippen LogP contribution in [0.1, 0.15) is 13.8 Å². The number of ether oxygens (including phenoxy) is 1. The first-order chi connectivity index (χ1) is 10.6. The van der Waals surface area contributed by atoms with Crippen molar-refractivity contribution in [2.45, 2.75) is 19.9 Å². The summed E-state index contributed by atoms with van der Waals surface area (Å²) in [6.45, 7) is 4.29. The molecule has 2 aromatic rings. The minimum Gasteiger partial charge on any atom is -0.492 e. The Balaban J connectivity index is 2.02. The lowest BCUT2D eigenvalue weighted by Gasteiger charge is -2.18. The van der Waals surface area contributed by atoms with Crippen LogP contribution in [-0.4, -0.2) is 18.6 Å². The summed E-state index contributed by atoms with van der Waals surface area (Å²) in [5.74, 6) is 0.584. The zero-order valence-corrected chi connectivity index (χ0v) is 13.4. The van der Waals surface area contributed by atoms with Gasteiger partial charge in [0.2, 0.25) is 5.91 Å². The molecule has 0 radical (unpaired) electrons. The van der Waals surface area contributed by atoms with Crippen LogP contribution < -0.4 is 15.4 Å². The lowest BCUT2D eigenvalue weighted by Crippen LogP contribution is -2.32. The predicted octanol–water partition coefficient (Wildman–Crippen LogP) is 4.18. The molecule has 1 atom stereocenters. The average molecular weight is 319 g/mol. The first kappa shape index (κ1) is 16.2. The molecule has 0 aromatic heterocycles. The second kappa shape index (κ2) is 7.71. The fourth-order valence-electron chi connectivity index (χ4n) is 1.98. The van der Waals surface area contributed by atoms with E-state index in [1.54, 1.807) is 31.2 Å². The summed E-state index contributed by atoms with van der Waals surface area (Å²) in [5.41, 5.74) is 1.46. The number of para-hydroxylation sites is 2. The smallest absolute Gasteiger partial charge is 0.246 e. The van der Waals surface area contributed by atoms with Crippen molar-refractivity contribution >= 4 is 28.9 Å². The van der Waals surface area contributed by atoms with Crippen LogP contribution in [-0.2, 0) is 4.79 Å². The van der Waals surface area contributed by atoms with Gasteiger partial charge < -0.3 is 15.4 Å². The summed E-state index contributed by atoms with van der Waals surface area (Å²) in [5, 5.41) is 6.57. The van der Waals surface area contributed by atoms with E-state index in [9.17, 15) is 4.79 Å². The van der Waals surface area contributed by atoms with Gasteiger partial charge in [0.05, 0.1) is 12.3 Å². The number of amides is 1. The monoisotopic (exact) mass is 318 g/mol. The van der Waals surface area contributed by atoms with Crippen LogP contribution in [0.15, 0.2) is 48.5 Å². The highest BCUT2D eigenvalue weighted by Crippen LogP contribution is 2.24. The lowest BCUT2D eigenvalue weighted by atomic mass is 10.2. The molecule has 0 heterocycles. The Kier molecular flexibility index (Phi) is 5.67. The molecule has 0 bridgehead atoms. The Hall–Kier alpha value is -2.20. The van der Waals surface area contributed by atoms with Gasteiger partial charge in [-0.3, -0.25) is 4.79 Å². The van der Waals surface area contributed by atoms with Gasteiger partial charge >= 0.3 is 0 Å². The molecule has 0 unspecified atom stereocenters. The Labute approximate surface area is 135 Å². The highest BCUT2D eigenvalue weighted by molar-refractivity contribution is 6.30. The minimum atomic E-state index is -0.416. The zero-order chi connectivity index (χ0) is 15.9. The fourth-order valence-corrected chi connectivity index (χ4v) is 2.17. The van der Waals surface area contributed by atoms with E-state index in [0.29, 0.717) is 17.3 Å². The van der Waals surface area contributed by atoms with Crippen molar-refractivity contribution < 1.29 is 9.53 Å². The third-order valence-electron chi connectivity index (χ3n) is 3.04. The molecular formula is C17H19ClN2O2. The van der Waals surface area contributed by atoms with Crippen molar-refractivity contribution in [3.8, 4) is 5.75 Å². The van der Waals surface area contributed by atoms with E-state index >= 15 is 0 Å². The van der Waals surface area contributed by atoms with E-state index in [1.807, 2.05) is 31.2 Å². The number of carbonyl (C=O) groups is 1. The minimum absolute atomic E-state index is 0.145. The van der Waals surface area contributed by atoms with Crippen molar-refractivity contribution in [1.29, 1.82) is 0 Å². The van der Waals surface area contributed by atoms with Crippen LogP contribution in [0.4, 0.5) is 11.4 Å². The summed E-state index contributed by atoms with van der Waals surface area (Å²) in [4.78, 5) is 12.2. The molecule has 5 heteroatoms. The molecule has 0 aliphatic heterocycles. The number of hydrogen-bond donors (Lipinski definition) is 2. The van der Waals surface area contributed by atoms with E-state index < -0.39 is 6.04 Å². The summed E-state index contributed by atoms with van der Waals surface area (Å²) in [6, 6.07) is 14.2. The molecule has 1 amide bonds. The summed E-state index contributed by atoms with van der Waals surface area (Å²) in [6.07, 6.45) is 0. The molecule has 116 valence electrons. The molecule has 2 N–H and O–H groups in total. The summed E-state index contributed by atoms with van der Waals surface area (Å²) < 4.78 is 5.54. The van der Waals surface area contributed by atoms with Gasteiger partial charge in [-0.2, -0.15) is 0 Å². The van der Waals surface area contributed by atoms with Gasteiger partial charge in [-0.05, 0) is 44.2 Å². The highest BCUT2D eigenvalue weighted by atomic mass is 35.5. The number of nitrogens with one attached hydrogen (secondary N) is 2. The molecule has 0 saturated heterocycles. The standard InChI is InChI=1S/C17H19ClN2O2/c1-3-22-16-10-5-4-9-15(16)19-12(2)17(21)20-14-8-6-7-13(18)11-14/h4-12,19H,3H2,1-2H3,(H,20,21)/t12-/m1/s1. The maximum absolute atomic E-state index is 12.2. The molecular weight excluding hydrogens is 300 g/mol. The van der Waals surface area contributed by atoms with E-state index in [-0.39, 0.29) is 5.91 Å². The van der Waals surface area contributed by atoms with Crippen LogP contribution in [0.2, 0.25) is 5.02 Å². The van der Waals surface area contributed by atoms with Gasteiger partial charge in [0.25, 0.3) is 0 Å². The number of rotatable bonds is 6. The summed E-state index contributed by atoms with van der Waals surface area (Å²) >= 11 is 5.91. The quantitative estimate of drug-likeness (QED) is 0.840. The molecule has 4 nitrogen and oxygen atoms in total. The van der Waals surface area contributed by atoms with Crippen LogP contribution in [0, 0.1) is 0 Å². The lowest BCUT2D eigenvalue weighted by molar-refractivity contribution is -0.116. The highest BCUT2D eigenvalue weighted by Gasteiger charge is 2.14. The van der Waals surface area contributed by atoms with Crippen molar-refractivity contribution in [1.82, 2.24) is 0 Å². The Morgan fingerprint density at radius 2 is 2.00 bits per heavy atom. The predicted molar refractivity (Wildman–Crippen MR) is 90.8 cm³/mol. The molecule has 0 aliphatic rings. The van der Waals surface area contributed by atoms with Crippen molar-refractivity contribution in [2.75, 3.05) is 17.2 Å². The van der Waals surface area contributed by atoms with Crippen molar-refractivity contribution in [2.24, 2.45) is 0 Å². The Bertz CT molecular complexity index is 646. The second-order valence-corrected chi connectivity index (χ2v) is 5.23. The van der Waals surface area contributed by atoms with E-state index in [4.69, 9.17) is 16.3 Å². The largest absolute Gasteiger partial charge is 0.492 e. The number of anilines is 2. The van der Waals surface area contributed by atoms with E-state index in [2.05, 4.69) is 10.6 Å². The molecule has 0 aliphatic carbocycles. The zero-order valence-electron chi connectivity index (χ0n) is 12.6. The topological polar surface area (TPSA) is 50.4 Å². The van der Waals surface area contributed by atoms with Gasteiger partial charge in [0, 0.05) is 10.7 Å². The normalized spacial score (nSPS) is 11.6. The first-order valence-electron chi connectivity index (χ1n) is 7.15. The van der Waals surface area contributed by atoms with Crippen LogP contribution in [0.3, 0.4) is 0 Å². The Morgan fingerprint density at radius 3 is 2.73 bits per heavy atom. The number of benzene rings is 2. The van der Waals surface area contributed by atoms with Gasteiger partial charge in [-0.25, -0.2) is 0 Å². The number of hydrogen-bond acceptors (Lipinski definition) is 3. The third kappa shape index (κ3) is 4.40. The molecule has 2 rings (SSSR count). The van der Waals surface area contributed by atoms with Crippen LogP contribution in [0.25, 0.3) is 0 Å². The third-order valence-corrected chi connectivity index (χ3v) is 3.28. The molecule has 2 aromatic carbocycles. The van der Waals surface area contributed by atoms with Gasteiger partial charge in [0.1, 0.15) is 11.8 Å².